The van der Waals surface area contributed by atoms with E-state index in [1.54, 1.807) is 13.1 Å². The van der Waals surface area contributed by atoms with Gasteiger partial charge in [0.05, 0.1) is 7.11 Å². The SMILES string of the molecule is CCC(CCO)CNC(=O)c1cc(OC)n(C)n1. The summed E-state index contributed by atoms with van der Waals surface area (Å²) >= 11 is 0. The van der Waals surface area contributed by atoms with Gasteiger partial charge in [-0.15, -0.1) is 0 Å². The Hall–Kier alpha value is -1.56. The number of carbonyl (C=O) groups excluding carboxylic acids is 1. The Labute approximate surface area is 107 Å². The van der Waals surface area contributed by atoms with Gasteiger partial charge in [-0.1, -0.05) is 13.3 Å². The molecule has 0 aliphatic heterocycles. The fourth-order valence-electron chi connectivity index (χ4n) is 1.71. The number of ether oxygens (including phenoxy) is 1. The van der Waals surface area contributed by atoms with E-state index in [0.717, 1.165) is 6.42 Å². The van der Waals surface area contributed by atoms with Crippen molar-refractivity contribution in [2.75, 3.05) is 20.3 Å². The molecular weight excluding hydrogens is 234 g/mol. The third kappa shape index (κ3) is 3.73. The van der Waals surface area contributed by atoms with Crippen LogP contribution in [0.2, 0.25) is 0 Å². The van der Waals surface area contributed by atoms with E-state index in [2.05, 4.69) is 10.4 Å². The number of hydrogen-bond acceptors (Lipinski definition) is 4. The third-order valence-electron chi connectivity index (χ3n) is 2.94. The monoisotopic (exact) mass is 255 g/mol. The number of aromatic nitrogens is 2. The predicted octanol–water partition coefficient (Wildman–Crippen LogP) is 0.567. The van der Waals surface area contributed by atoms with Gasteiger partial charge in [0.2, 0.25) is 5.88 Å². The van der Waals surface area contributed by atoms with Crippen LogP contribution in [0.1, 0.15) is 30.3 Å². The molecule has 1 aromatic heterocycles. The first-order valence-electron chi connectivity index (χ1n) is 6.09. The molecule has 2 N–H and O–H groups in total. The number of aliphatic hydroxyl groups excluding tert-OH is 1. The first-order valence-corrected chi connectivity index (χ1v) is 6.09. The fraction of sp³-hybridized carbons (Fsp3) is 0.667. The van der Waals surface area contributed by atoms with Gasteiger partial charge in [0, 0.05) is 26.3 Å². The van der Waals surface area contributed by atoms with Gasteiger partial charge in [0.25, 0.3) is 5.91 Å². The largest absolute Gasteiger partial charge is 0.481 e. The van der Waals surface area contributed by atoms with Crippen LogP contribution in [0.15, 0.2) is 6.07 Å². The van der Waals surface area contributed by atoms with Gasteiger partial charge in [-0.05, 0) is 12.3 Å². The zero-order chi connectivity index (χ0) is 13.5. The molecule has 0 saturated carbocycles. The number of nitrogens with one attached hydrogen (secondary N) is 1. The summed E-state index contributed by atoms with van der Waals surface area (Å²) in [5.41, 5.74) is 0.341. The van der Waals surface area contributed by atoms with Gasteiger partial charge in [-0.2, -0.15) is 5.10 Å². The lowest BCUT2D eigenvalue weighted by molar-refractivity contribution is 0.0938. The molecule has 1 atom stereocenters. The Bertz CT molecular complexity index is 390. The molecule has 0 bridgehead atoms. The highest BCUT2D eigenvalue weighted by molar-refractivity contribution is 5.92. The number of aliphatic hydroxyl groups is 1. The molecule has 1 amide bonds. The van der Waals surface area contributed by atoms with Crippen molar-refractivity contribution >= 4 is 5.91 Å². The van der Waals surface area contributed by atoms with E-state index in [4.69, 9.17) is 9.84 Å². The molecule has 1 heterocycles. The molecule has 0 aliphatic carbocycles. The van der Waals surface area contributed by atoms with Crippen molar-refractivity contribution in [2.24, 2.45) is 13.0 Å². The molecule has 1 rings (SSSR count). The van der Waals surface area contributed by atoms with Crippen LogP contribution in [0.25, 0.3) is 0 Å². The van der Waals surface area contributed by atoms with Crippen LogP contribution in [0, 0.1) is 5.92 Å². The van der Waals surface area contributed by atoms with E-state index in [9.17, 15) is 4.79 Å². The predicted molar refractivity (Wildman–Crippen MR) is 67.6 cm³/mol. The minimum Gasteiger partial charge on any atom is -0.481 e. The van der Waals surface area contributed by atoms with E-state index in [1.165, 1.54) is 11.8 Å². The number of hydrogen-bond donors (Lipinski definition) is 2. The first kappa shape index (κ1) is 14.5. The lowest BCUT2D eigenvalue weighted by atomic mass is 10.0. The van der Waals surface area contributed by atoms with Crippen LogP contribution < -0.4 is 10.1 Å². The summed E-state index contributed by atoms with van der Waals surface area (Å²) in [4.78, 5) is 11.8. The van der Waals surface area contributed by atoms with Crippen molar-refractivity contribution in [1.29, 1.82) is 0 Å². The summed E-state index contributed by atoms with van der Waals surface area (Å²) in [5.74, 6) is 0.623. The van der Waals surface area contributed by atoms with Crippen molar-refractivity contribution in [3.63, 3.8) is 0 Å². The maximum atomic E-state index is 11.8. The molecule has 18 heavy (non-hydrogen) atoms. The second-order valence-electron chi connectivity index (χ2n) is 4.19. The molecule has 1 unspecified atom stereocenters. The van der Waals surface area contributed by atoms with Crippen LogP contribution in [0.3, 0.4) is 0 Å². The van der Waals surface area contributed by atoms with Gasteiger partial charge >= 0.3 is 0 Å². The average molecular weight is 255 g/mol. The number of rotatable bonds is 7. The second-order valence-corrected chi connectivity index (χ2v) is 4.19. The molecule has 0 aliphatic rings. The van der Waals surface area contributed by atoms with Crippen molar-refractivity contribution in [1.82, 2.24) is 15.1 Å². The van der Waals surface area contributed by atoms with Crippen LogP contribution in [0.4, 0.5) is 0 Å². The maximum Gasteiger partial charge on any atom is 0.271 e. The van der Waals surface area contributed by atoms with Crippen LogP contribution >= 0.6 is 0 Å². The number of aryl methyl sites for hydroxylation is 1. The summed E-state index contributed by atoms with van der Waals surface area (Å²) in [5, 5.41) is 15.8. The molecule has 0 spiro atoms. The van der Waals surface area contributed by atoms with E-state index < -0.39 is 0 Å². The van der Waals surface area contributed by atoms with Crippen LogP contribution in [0.5, 0.6) is 5.88 Å². The summed E-state index contributed by atoms with van der Waals surface area (Å²) in [7, 11) is 3.25. The Balaban J connectivity index is 2.54. The van der Waals surface area contributed by atoms with Gasteiger partial charge in [-0.25, -0.2) is 4.68 Å². The first-order chi connectivity index (χ1) is 8.62. The Morgan fingerprint density at radius 3 is 2.89 bits per heavy atom. The molecule has 6 heteroatoms. The smallest absolute Gasteiger partial charge is 0.271 e. The number of carbonyl (C=O) groups is 1. The highest BCUT2D eigenvalue weighted by Crippen LogP contribution is 2.11. The lowest BCUT2D eigenvalue weighted by Gasteiger charge is -2.13. The molecule has 6 nitrogen and oxygen atoms in total. The lowest BCUT2D eigenvalue weighted by Crippen LogP contribution is -2.29. The Morgan fingerprint density at radius 2 is 2.39 bits per heavy atom. The summed E-state index contributed by atoms with van der Waals surface area (Å²) in [6.45, 7) is 2.73. The topological polar surface area (TPSA) is 76.4 Å². The van der Waals surface area contributed by atoms with Gasteiger partial charge in [0.1, 0.15) is 0 Å². The van der Waals surface area contributed by atoms with E-state index in [-0.39, 0.29) is 12.5 Å². The Kier molecular flexibility index (Phi) is 5.64. The van der Waals surface area contributed by atoms with E-state index in [1.807, 2.05) is 6.92 Å². The number of amides is 1. The van der Waals surface area contributed by atoms with Gasteiger partial charge in [0.15, 0.2) is 5.69 Å². The highest BCUT2D eigenvalue weighted by Gasteiger charge is 2.14. The van der Waals surface area contributed by atoms with Crippen molar-refractivity contribution in [2.45, 2.75) is 19.8 Å². The highest BCUT2D eigenvalue weighted by atomic mass is 16.5. The fourth-order valence-corrected chi connectivity index (χ4v) is 1.71. The van der Waals surface area contributed by atoms with E-state index >= 15 is 0 Å². The third-order valence-corrected chi connectivity index (χ3v) is 2.94. The number of methoxy groups -OCH3 is 1. The van der Waals surface area contributed by atoms with E-state index in [0.29, 0.717) is 30.5 Å². The van der Waals surface area contributed by atoms with Crippen LogP contribution in [-0.4, -0.2) is 41.1 Å². The zero-order valence-corrected chi connectivity index (χ0v) is 11.1. The summed E-state index contributed by atoms with van der Waals surface area (Å²) in [6.07, 6.45) is 1.62. The quantitative estimate of drug-likeness (QED) is 0.746. The number of nitrogens with zero attached hydrogens (tertiary/aromatic N) is 2. The molecule has 0 radical (unpaired) electrons. The summed E-state index contributed by atoms with van der Waals surface area (Å²) in [6, 6.07) is 1.60. The minimum absolute atomic E-state index is 0.145. The van der Waals surface area contributed by atoms with Crippen molar-refractivity contribution in [3.05, 3.63) is 11.8 Å². The van der Waals surface area contributed by atoms with Crippen molar-refractivity contribution < 1.29 is 14.6 Å². The zero-order valence-electron chi connectivity index (χ0n) is 11.1. The molecule has 0 fully saturated rings. The van der Waals surface area contributed by atoms with Crippen LogP contribution in [-0.2, 0) is 7.05 Å². The second kappa shape index (κ2) is 7.00. The van der Waals surface area contributed by atoms with Gasteiger partial charge in [-0.3, -0.25) is 4.79 Å². The van der Waals surface area contributed by atoms with Crippen molar-refractivity contribution in [3.8, 4) is 5.88 Å². The standard InChI is InChI=1S/C12H21N3O3/c1-4-9(5-6-16)8-13-12(17)10-7-11(18-3)15(2)14-10/h7,9,16H,4-6,8H2,1-3H3,(H,13,17). The van der Waals surface area contributed by atoms with Gasteiger partial charge < -0.3 is 15.2 Å². The summed E-state index contributed by atoms with van der Waals surface area (Å²) < 4.78 is 6.56. The molecule has 1 aromatic rings. The molecule has 102 valence electrons. The normalized spacial score (nSPS) is 12.2. The molecular formula is C12H21N3O3. The molecule has 0 aromatic carbocycles. The average Bonchev–Trinajstić information content (AvgIpc) is 2.75. The minimum atomic E-state index is -0.217. The molecule has 0 saturated heterocycles. The Morgan fingerprint density at radius 1 is 1.67 bits per heavy atom. The maximum absolute atomic E-state index is 11.8.